The zero-order valence-corrected chi connectivity index (χ0v) is 11.8. The van der Waals surface area contributed by atoms with Crippen molar-refractivity contribution in [2.24, 2.45) is 0 Å². The molecule has 0 fully saturated rings. The van der Waals surface area contributed by atoms with E-state index in [2.05, 4.69) is 6.58 Å². The first-order valence-corrected chi connectivity index (χ1v) is 6.47. The van der Waals surface area contributed by atoms with Crippen molar-refractivity contribution >= 4 is 17.3 Å². The molecule has 7 nitrogen and oxygen atoms in total. The molecule has 0 aromatic heterocycles. The Morgan fingerprint density at radius 1 is 1.52 bits per heavy atom. The summed E-state index contributed by atoms with van der Waals surface area (Å²) in [7, 11) is 0. The van der Waals surface area contributed by atoms with Gasteiger partial charge in [0, 0.05) is 24.4 Å². The van der Waals surface area contributed by atoms with Crippen LogP contribution in [0.25, 0.3) is 0 Å². The van der Waals surface area contributed by atoms with Crippen LogP contribution >= 0.6 is 0 Å². The van der Waals surface area contributed by atoms with Crippen molar-refractivity contribution in [1.82, 2.24) is 0 Å². The van der Waals surface area contributed by atoms with Crippen LogP contribution in [0.15, 0.2) is 30.9 Å². The largest absolute Gasteiger partial charge is 0.493 e. The molecule has 0 saturated heterocycles. The van der Waals surface area contributed by atoms with Crippen LogP contribution in [0.5, 0.6) is 5.75 Å². The number of hydrogen-bond donors (Lipinski definition) is 1. The average molecular weight is 294 g/mol. The highest BCUT2D eigenvalue weighted by Gasteiger charge is 2.16. The summed E-state index contributed by atoms with van der Waals surface area (Å²) >= 11 is 0. The van der Waals surface area contributed by atoms with Gasteiger partial charge in [0.05, 0.1) is 17.6 Å². The third kappa shape index (κ3) is 5.13. The van der Waals surface area contributed by atoms with Crippen molar-refractivity contribution in [2.75, 3.05) is 24.6 Å². The minimum atomic E-state index is -1.03. The van der Waals surface area contributed by atoms with Gasteiger partial charge in [-0.2, -0.15) is 0 Å². The van der Waals surface area contributed by atoms with Crippen LogP contribution in [-0.2, 0) is 4.79 Å². The van der Waals surface area contributed by atoms with E-state index in [9.17, 15) is 14.9 Å². The molecular weight excluding hydrogens is 276 g/mol. The lowest BCUT2D eigenvalue weighted by molar-refractivity contribution is -0.384. The molecule has 0 radical (unpaired) electrons. The second-order valence-electron chi connectivity index (χ2n) is 4.35. The van der Waals surface area contributed by atoms with Gasteiger partial charge in [-0.15, -0.1) is 6.58 Å². The molecule has 0 saturated carbocycles. The van der Waals surface area contributed by atoms with Crippen LogP contribution in [0.2, 0.25) is 0 Å². The lowest BCUT2D eigenvalue weighted by atomic mass is 10.2. The Bertz CT molecular complexity index is 530. The van der Waals surface area contributed by atoms with E-state index in [1.165, 1.54) is 23.1 Å². The predicted molar refractivity (Wildman–Crippen MR) is 78.9 cm³/mol. The van der Waals surface area contributed by atoms with E-state index in [0.717, 1.165) is 6.42 Å². The van der Waals surface area contributed by atoms with Gasteiger partial charge in [0.2, 0.25) is 0 Å². The number of nitro groups is 1. The topological polar surface area (TPSA) is 92.9 Å². The van der Waals surface area contributed by atoms with Crippen LogP contribution < -0.4 is 9.64 Å². The molecule has 0 aliphatic heterocycles. The van der Waals surface area contributed by atoms with Crippen LogP contribution in [0.4, 0.5) is 11.4 Å². The number of non-ortho nitro benzene ring substituents is 1. The second kappa shape index (κ2) is 7.88. The summed E-state index contributed by atoms with van der Waals surface area (Å²) in [6.45, 7) is 5.91. The molecule has 1 rings (SSSR count). The lowest BCUT2D eigenvalue weighted by Gasteiger charge is -2.21. The van der Waals surface area contributed by atoms with Crippen molar-refractivity contribution in [3.05, 3.63) is 41.0 Å². The second-order valence-corrected chi connectivity index (χ2v) is 4.35. The maximum absolute atomic E-state index is 11.0. The first-order chi connectivity index (χ1) is 9.97. The molecule has 114 valence electrons. The molecule has 0 amide bonds. The zero-order valence-electron chi connectivity index (χ0n) is 11.8. The number of anilines is 1. The fourth-order valence-electron chi connectivity index (χ4n) is 1.74. The third-order valence-electron chi connectivity index (χ3n) is 2.60. The Hall–Kier alpha value is -2.57. The molecule has 0 aliphatic rings. The monoisotopic (exact) mass is 294 g/mol. The molecule has 7 heteroatoms. The standard InChI is InChI=1S/C14H18N2O5/c1-3-5-15(10-14(17)18)11-7-12(16(19)20)9-13(8-11)21-6-4-2/h3,7-9H,1,4-6,10H2,2H3,(H,17,18). The number of hydrogen-bond acceptors (Lipinski definition) is 5. The van der Waals surface area contributed by atoms with Gasteiger partial charge in [-0.1, -0.05) is 13.0 Å². The third-order valence-corrected chi connectivity index (χ3v) is 2.60. The Kier molecular flexibility index (Phi) is 6.19. The molecule has 21 heavy (non-hydrogen) atoms. The summed E-state index contributed by atoms with van der Waals surface area (Å²) in [5, 5.41) is 19.9. The molecule has 0 atom stereocenters. The fourth-order valence-corrected chi connectivity index (χ4v) is 1.74. The number of ether oxygens (including phenoxy) is 1. The summed E-state index contributed by atoms with van der Waals surface area (Å²) in [6, 6.07) is 4.24. The Labute approximate surface area is 122 Å². The molecule has 1 aromatic carbocycles. The Morgan fingerprint density at radius 3 is 2.76 bits per heavy atom. The normalized spacial score (nSPS) is 9.95. The maximum Gasteiger partial charge on any atom is 0.323 e. The molecule has 0 aliphatic carbocycles. The quantitative estimate of drug-likeness (QED) is 0.427. The number of nitro benzene ring substituents is 1. The van der Waals surface area contributed by atoms with Crippen molar-refractivity contribution in [3.63, 3.8) is 0 Å². The smallest absolute Gasteiger partial charge is 0.323 e. The minimum Gasteiger partial charge on any atom is -0.493 e. The number of carbonyl (C=O) groups is 1. The van der Waals surface area contributed by atoms with Gasteiger partial charge in [0.15, 0.2) is 0 Å². The van der Waals surface area contributed by atoms with Gasteiger partial charge in [-0.05, 0) is 6.42 Å². The minimum absolute atomic E-state index is 0.141. The predicted octanol–water partition coefficient (Wildman–Crippen LogP) is 2.46. The number of carboxylic acids is 1. The van der Waals surface area contributed by atoms with E-state index in [1.807, 2.05) is 6.92 Å². The van der Waals surface area contributed by atoms with Crippen molar-refractivity contribution in [2.45, 2.75) is 13.3 Å². The van der Waals surface area contributed by atoms with E-state index < -0.39 is 10.9 Å². The molecule has 1 N–H and O–H groups in total. The first-order valence-electron chi connectivity index (χ1n) is 6.47. The fraction of sp³-hybridized carbons (Fsp3) is 0.357. The van der Waals surface area contributed by atoms with Crippen LogP contribution in [0.3, 0.4) is 0 Å². The lowest BCUT2D eigenvalue weighted by Crippen LogP contribution is -2.29. The molecule has 1 aromatic rings. The highest BCUT2D eigenvalue weighted by Crippen LogP contribution is 2.28. The summed E-state index contributed by atoms with van der Waals surface area (Å²) in [5.74, 6) is -0.681. The molecule has 0 heterocycles. The van der Waals surface area contributed by atoms with E-state index in [0.29, 0.717) is 18.0 Å². The van der Waals surface area contributed by atoms with Gasteiger partial charge < -0.3 is 14.7 Å². The van der Waals surface area contributed by atoms with E-state index in [1.54, 1.807) is 6.07 Å². The van der Waals surface area contributed by atoms with Gasteiger partial charge in [0.1, 0.15) is 12.3 Å². The number of carboxylic acid groups (broad SMARTS) is 1. The van der Waals surface area contributed by atoms with E-state index in [4.69, 9.17) is 9.84 Å². The van der Waals surface area contributed by atoms with Gasteiger partial charge >= 0.3 is 5.97 Å². The van der Waals surface area contributed by atoms with E-state index >= 15 is 0 Å². The van der Waals surface area contributed by atoms with Crippen LogP contribution in [0, 0.1) is 10.1 Å². The van der Waals surface area contributed by atoms with Gasteiger partial charge in [-0.3, -0.25) is 14.9 Å². The molecule has 0 unspecified atom stereocenters. The molecule has 0 spiro atoms. The summed E-state index contributed by atoms with van der Waals surface area (Å²) in [6.07, 6.45) is 2.30. The average Bonchev–Trinajstić information content (AvgIpc) is 2.43. The number of benzene rings is 1. The SMILES string of the molecule is C=CCN(CC(=O)O)c1cc(OCCC)cc([N+](=O)[O-])c1. The van der Waals surface area contributed by atoms with Gasteiger partial charge in [-0.25, -0.2) is 0 Å². The Balaban J connectivity index is 3.16. The Morgan fingerprint density at radius 2 is 2.24 bits per heavy atom. The molecule has 0 bridgehead atoms. The maximum atomic E-state index is 11.0. The summed E-state index contributed by atoms with van der Waals surface area (Å²) < 4.78 is 5.42. The first kappa shape index (κ1) is 16.5. The zero-order chi connectivity index (χ0) is 15.8. The summed E-state index contributed by atoms with van der Waals surface area (Å²) in [5.41, 5.74) is 0.274. The van der Waals surface area contributed by atoms with Crippen LogP contribution in [-0.4, -0.2) is 35.7 Å². The van der Waals surface area contributed by atoms with Crippen molar-refractivity contribution in [3.8, 4) is 5.75 Å². The highest BCUT2D eigenvalue weighted by molar-refractivity contribution is 5.74. The molecular formula is C14H18N2O5. The number of nitrogens with zero attached hydrogens (tertiary/aromatic N) is 2. The number of rotatable bonds is 9. The van der Waals surface area contributed by atoms with Crippen molar-refractivity contribution in [1.29, 1.82) is 0 Å². The number of aliphatic carboxylic acids is 1. The highest BCUT2D eigenvalue weighted by atomic mass is 16.6. The van der Waals surface area contributed by atoms with E-state index in [-0.39, 0.29) is 18.8 Å². The summed E-state index contributed by atoms with van der Waals surface area (Å²) in [4.78, 5) is 22.8. The van der Waals surface area contributed by atoms with Crippen molar-refractivity contribution < 1.29 is 19.6 Å². The van der Waals surface area contributed by atoms with Gasteiger partial charge in [0.25, 0.3) is 5.69 Å². The van der Waals surface area contributed by atoms with Crippen LogP contribution in [0.1, 0.15) is 13.3 Å².